The fourth-order valence-electron chi connectivity index (χ4n) is 2.91. The van der Waals surface area contributed by atoms with Crippen molar-refractivity contribution < 1.29 is 18.1 Å². The number of carbonyl (C=O) groups is 1. The molecule has 0 spiro atoms. The van der Waals surface area contributed by atoms with Gasteiger partial charge in [0.2, 0.25) is 0 Å². The van der Waals surface area contributed by atoms with Crippen LogP contribution in [0.2, 0.25) is 0 Å². The lowest BCUT2D eigenvalue weighted by molar-refractivity contribution is -0.387. The number of hydrogen-bond acceptors (Lipinski definition) is 6. The summed E-state index contributed by atoms with van der Waals surface area (Å²) in [6, 6.07) is 5.05. The number of primary amides is 1. The highest BCUT2D eigenvalue weighted by Gasteiger charge is 2.30. The van der Waals surface area contributed by atoms with Crippen molar-refractivity contribution in [1.29, 1.82) is 0 Å². The molecule has 3 rings (SSSR count). The number of sulfonamides is 1. The number of thiophene rings is 1. The van der Waals surface area contributed by atoms with Gasteiger partial charge in [-0.25, -0.2) is 8.42 Å². The van der Waals surface area contributed by atoms with Crippen molar-refractivity contribution in [2.45, 2.75) is 30.6 Å². The largest absolute Gasteiger partial charge is 0.365 e. The van der Waals surface area contributed by atoms with Crippen LogP contribution in [0.4, 0.5) is 10.7 Å². The number of para-hydroxylation sites is 1. The second-order valence-corrected chi connectivity index (χ2v) is 8.37. The molecule has 2 aromatic rings. The van der Waals surface area contributed by atoms with Crippen molar-refractivity contribution in [1.82, 2.24) is 0 Å². The molecule has 10 heteroatoms. The minimum atomic E-state index is -4.23. The van der Waals surface area contributed by atoms with Gasteiger partial charge < -0.3 is 5.73 Å². The lowest BCUT2D eigenvalue weighted by atomic mass is 9.95. The van der Waals surface area contributed by atoms with E-state index in [0.717, 1.165) is 41.8 Å². The van der Waals surface area contributed by atoms with Gasteiger partial charge in [0, 0.05) is 10.9 Å². The Bertz CT molecular complexity index is 966. The summed E-state index contributed by atoms with van der Waals surface area (Å²) < 4.78 is 27.6. The summed E-state index contributed by atoms with van der Waals surface area (Å²) in [5, 5.41) is 11.2. The van der Waals surface area contributed by atoms with E-state index in [0.29, 0.717) is 6.42 Å². The van der Waals surface area contributed by atoms with Crippen LogP contribution in [0.25, 0.3) is 0 Å². The molecular formula is C15H15N3O5S2. The lowest BCUT2D eigenvalue weighted by Crippen LogP contribution is -2.19. The molecule has 1 aliphatic carbocycles. The van der Waals surface area contributed by atoms with Crippen LogP contribution in [0, 0.1) is 10.1 Å². The summed E-state index contributed by atoms with van der Waals surface area (Å²) in [4.78, 5) is 22.6. The van der Waals surface area contributed by atoms with Crippen LogP contribution in [0.15, 0.2) is 29.2 Å². The number of nitrogens with one attached hydrogen (secondary N) is 1. The molecule has 1 aromatic carbocycles. The Morgan fingerprint density at radius 1 is 1.24 bits per heavy atom. The molecule has 1 amide bonds. The topological polar surface area (TPSA) is 132 Å². The molecule has 132 valence electrons. The first-order valence-electron chi connectivity index (χ1n) is 7.52. The number of nitrogens with zero attached hydrogens (tertiary/aromatic N) is 1. The van der Waals surface area contributed by atoms with Crippen LogP contribution in [-0.4, -0.2) is 19.2 Å². The molecule has 0 saturated carbocycles. The monoisotopic (exact) mass is 381 g/mol. The molecule has 1 heterocycles. The van der Waals surface area contributed by atoms with E-state index in [4.69, 9.17) is 5.73 Å². The van der Waals surface area contributed by atoms with Gasteiger partial charge in [-0.15, -0.1) is 11.3 Å². The van der Waals surface area contributed by atoms with Gasteiger partial charge in [-0.2, -0.15) is 0 Å². The van der Waals surface area contributed by atoms with Crippen LogP contribution < -0.4 is 10.5 Å². The Kier molecular flexibility index (Phi) is 4.48. The molecule has 0 bridgehead atoms. The first-order chi connectivity index (χ1) is 11.8. The molecule has 25 heavy (non-hydrogen) atoms. The van der Waals surface area contributed by atoms with E-state index < -0.39 is 31.4 Å². The smallest absolute Gasteiger partial charge is 0.289 e. The molecule has 0 unspecified atom stereocenters. The van der Waals surface area contributed by atoms with Gasteiger partial charge in [-0.1, -0.05) is 12.1 Å². The minimum absolute atomic E-state index is 0.123. The summed E-state index contributed by atoms with van der Waals surface area (Å²) in [6.45, 7) is 0. The highest BCUT2D eigenvalue weighted by atomic mass is 32.2. The second-order valence-electron chi connectivity index (χ2n) is 5.61. The predicted molar refractivity (Wildman–Crippen MR) is 93.4 cm³/mol. The third kappa shape index (κ3) is 3.22. The number of aryl methyl sites for hydroxylation is 1. The first kappa shape index (κ1) is 17.4. The number of rotatable bonds is 5. The molecule has 1 aliphatic rings. The maximum absolute atomic E-state index is 12.7. The number of hydrogen-bond donors (Lipinski definition) is 2. The van der Waals surface area contributed by atoms with Crippen molar-refractivity contribution in [3.05, 3.63) is 50.4 Å². The summed E-state index contributed by atoms with van der Waals surface area (Å²) in [6.07, 6.45) is 3.28. The summed E-state index contributed by atoms with van der Waals surface area (Å²) in [5.41, 5.74) is 5.86. The van der Waals surface area contributed by atoms with Gasteiger partial charge in [-0.05, 0) is 37.3 Å². The molecule has 1 aromatic heterocycles. The SMILES string of the molecule is NC(=O)c1c(NS(=O)(=O)c2ccccc2[N+](=O)[O-])sc2c1CCCC2. The van der Waals surface area contributed by atoms with E-state index in [9.17, 15) is 23.3 Å². The number of nitro benzene ring substituents is 1. The number of anilines is 1. The zero-order valence-electron chi connectivity index (χ0n) is 13.0. The third-order valence-corrected chi connectivity index (χ3v) is 6.73. The Hall–Kier alpha value is -2.46. The van der Waals surface area contributed by atoms with Gasteiger partial charge >= 0.3 is 0 Å². The Balaban J connectivity index is 2.07. The van der Waals surface area contributed by atoms with Crippen molar-refractivity contribution >= 4 is 38.0 Å². The predicted octanol–water partition coefficient (Wildman–Crippen LogP) is 2.43. The van der Waals surface area contributed by atoms with E-state index in [1.807, 2.05) is 0 Å². The Labute approximate surface area is 147 Å². The van der Waals surface area contributed by atoms with E-state index in [1.54, 1.807) is 0 Å². The van der Waals surface area contributed by atoms with Gasteiger partial charge in [0.25, 0.3) is 21.6 Å². The number of amides is 1. The number of nitro groups is 1. The van der Waals surface area contributed by atoms with Crippen LogP contribution in [0.5, 0.6) is 0 Å². The maximum atomic E-state index is 12.7. The van der Waals surface area contributed by atoms with E-state index in [2.05, 4.69) is 4.72 Å². The van der Waals surface area contributed by atoms with Gasteiger partial charge in [0.05, 0.1) is 10.5 Å². The van der Waals surface area contributed by atoms with E-state index in [1.165, 1.54) is 23.5 Å². The van der Waals surface area contributed by atoms with Crippen LogP contribution in [0.1, 0.15) is 33.6 Å². The van der Waals surface area contributed by atoms with E-state index >= 15 is 0 Å². The molecule has 0 fully saturated rings. The molecular weight excluding hydrogens is 366 g/mol. The average Bonchev–Trinajstić information content (AvgIpc) is 2.91. The molecule has 0 saturated heterocycles. The first-order valence-corrected chi connectivity index (χ1v) is 9.82. The zero-order valence-corrected chi connectivity index (χ0v) is 14.7. The second kappa shape index (κ2) is 6.45. The lowest BCUT2D eigenvalue weighted by Gasteiger charge is -2.11. The summed E-state index contributed by atoms with van der Waals surface area (Å²) in [7, 11) is -4.23. The maximum Gasteiger partial charge on any atom is 0.289 e. The Morgan fingerprint density at radius 3 is 2.60 bits per heavy atom. The fraction of sp³-hybridized carbons (Fsp3) is 0.267. The Morgan fingerprint density at radius 2 is 1.92 bits per heavy atom. The molecule has 3 N–H and O–H groups in total. The van der Waals surface area contributed by atoms with Crippen molar-refractivity contribution in [3.8, 4) is 0 Å². The number of benzene rings is 1. The van der Waals surface area contributed by atoms with Crippen molar-refractivity contribution in [2.24, 2.45) is 5.73 Å². The molecule has 0 atom stereocenters. The number of fused-ring (bicyclic) bond motifs is 1. The highest BCUT2D eigenvalue weighted by molar-refractivity contribution is 7.93. The molecule has 0 radical (unpaired) electrons. The average molecular weight is 381 g/mol. The molecule has 0 aliphatic heterocycles. The quantitative estimate of drug-likeness (QED) is 0.606. The zero-order chi connectivity index (χ0) is 18.2. The standard InChI is InChI=1S/C15H15N3O5S2/c16-14(19)13-9-5-1-3-7-11(9)24-15(13)17-25(22,23)12-8-4-2-6-10(12)18(20)21/h2,4,6,8,17H,1,3,5,7H2,(H2,16,19). The van der Waals surface area contributed by atoms with E-state index in [-0.39, 0.29) is 10.6 Å². The van der Waals surface area contributed by atoms with Crippen LogP contribution >= 0.6 is 11.3 Å². The number of carbonyl (C=O) groups excluding carboxylic acids is 1. The fourth-order valence-corrected chi connectivity index (χ4v) is 5.68. The molecule has 8 nitrogen and oxygen atoms in total. The van der Waals surface area contributed by atoms with Gasteiger partial charge in [-0.3, -0.25) is 19.6 Å². The normalized spacial score (nSPS) is 13.9. The van der Waals surface area contributed by atoms with Gasteiger partial charge in [0.15, 0.2) is 4.90 Å². The van der Waals surface area contributed by atoms with Crippen molar-refractivity contribution in [3.63, 3.8) is 0 Å². The minimum Gasteiger partial charge on any atom is -0.365 e. The van der Waals surface area contributed by atoms with Gasteiger partial charge in [0.1, 0.15) is 5.00 Å². The third-order valence-electron chi connectivity index (χ3n) is 4.00. The summed E-state index contributed by atoms with van der Waals surface area (Å²) >= 11 is 1.17. The summed E-state index contributed by atoms with van der Waals surface area (Å²) in [5.74, 6) is -0.709. The van der Waals surface area contributed by atoms with Crippen LogP contribution in [-0.2, 0) is 22.9 Å². The number of nitrogens with two attached hydrogens (primary N) is 1. The van der Waals surface area contributed by atoms with Crippen molar-refractivity contribution in [2.75, 3.05) is 4.72 Å². The highest BCUT2D eigenvalue weighted by Crippen LogP contribution is 2.39. The van der Waals surface area contributed by atoms with Crippen LogP contribution in [0.3, 0.4) is 0 Å².